The molecule has 2 aromatic carbocycles. The second kappa shape index (κ2) is 10.2. The minimum absolute atomic E-state index is 0.0643. The Bertz CT molecular complexity index is 1070. The zero-order valence-corrected chi connectivity index (χ0v) is 19.0. The predicted octanol–water partition coefficient (Wildman–Crippen LogP) is 4.32. The number of hydrogen-bond donors (Lipinski definition) is 2. The first-order valence-electron chi connectivity index (χ1n) is 9.25. The van der Waals surface area contributed by atoms with Crippen LogP contribution < -0.4 is 0 Å². The number of likely N-dealkylation sites (N-methyl/N-ethyl adjacent to an activating group) is 1. The molecular weight excluding hydrogens is 477 g/mol. The molecule has 0 aliphatic heterocycles. The van der Waals surface area contributed by atoms with Crippen LogP contribution in [0.15, 0.2) is 45.8 Å². The van der Waals surface area contributed by atoms with E-state index in [2.05, 4.69) is 20.8 Å². The maximum Gasteiger partial charge on any atom is 0.339 e. The van der Waals surface area contributed by atoms with Crippen LogP contribution in [0.4, 0.5) is 4.39 Å². The Kier molecular flexibility index (Phi) is 8.17. The molecule has 9 heteroatoms. The van der Waals surface area contributed by atoms with E-state index in [0.29, 0.717) is 6.54 Å². The highest BCUT2D eigenvalue weighted by molar-refractivity contribution is 9.10. The van der Waals surface area contributed by atoms with Crippen LogP contribution in [0.1, 0.15) is 35.3 Å². The Hall–Kier alpha value is -2.23. The average molecular weight is 500 g/mol. The van der Waals surface area contributed by atoms with Gasteiger partial charge in [-0.15, -0.1) is 0 Å². The molecule has 0 radical (unpaired) electrons. The van der Waals surface area contributed by atoms with E-state index in [1.165, 1.54) is 18.2 Å². The Labute approximate surface area is 183 Å². The van der Waals surface area contributed by atoms with Gasteiger partial charge in [-0.25, -0.2) is 17.6 Å². The van der Waals surface area contributed by atoms with Gasteiger partial charge in [0.2, 0.25) is 0 Å². The molecule has 0 unspecified atom stereocenters. The van der Waals surface area contributed by atoms with Crippen molar-refractivity contribution in [2.24, 2.45) is 0 Å². The molecular formula is C21H23BrFNO5S. The van der Waals surface area contributed by atoms with Crippen molar-refractivity contribution in [2.75, 3.05) is 19.6 Å². The zero-order chi connectivity index (χ0) is 22.5. The van der Waals surface area contributed by atoms with Crippen LogP contribution >= 0.6 is 15.9 Å². The largest absolute Gasteiger partial charge is 0.506 e. The van der Waals surface area contributed by atoms with Crippen LogP contribution in [-0.2, 0) is 15.6 Å². The summed E-state index contributed by atoms with van der Waals surface area (Å²) in [6.07, 6.45) is 3.31. The van der Waals surface area contributed by atoms with Crippen LogP contribution in [0.3, 0.4) is 0 Å². The van der Waals surface area contributed by atoms with Gasteiger partial charge in [-0.05, 0) is 64.4 Å². The first-order valence-corrected chi connectivity index (χ1v) is 11.7. The van der Waals surface area contributed by atoms with Crippen LogP contribution in [0.2, 0.25) is 0 Å². The Morgan fingerprint density at radius 1 is 1.20 bits per heavy atom. The summed E-state index contributed by atoms with van der Waals surface area (Å²) < 4.78 is 40.1. The number of aromatic carboxylic acids is 1. The van der Waals surface area contributed by atoms with Gasteiger partial charge in [0.05, 0.1) is 15.1 Å². The van der Waals surface area contributed by atoms with Gasteiger partial charge < -0.3 is 15.1 Å². The molecule has 0 amide bonds. The monoisotopic (exact) mass is 499 g/mol. The Morgan fingerprint density at radius 2 is 1.87 bits per heavy atom. The van der Waals surface area contributed by atoms with Crippen LogP contribution in [0.5, 0.6) is 5.75 Å². The number of phenols is 1. The highest BCUT2D eigenvalue weighted by Gasteiger charge is 2.25. The minimum atomic E-state index is -4.03. The van der Waals surface area contributed by atoms with Gasteiger partial charge in [-0.1, -0.05) is 32.1 Å². The van der Waals surface area contributed by atoms with Crippen molar-refractivity contribution in [3.63, 3.8) is 0 Å². The maximum atomic E-state index is 13.8. The SMILES string of the molecule is CCN(CC)CC=Cc1cc(F)ccc1S(=O)(=O)Cc1ccc(Br)c(O)c1C(=O)O. The zero-order valence-electron chi connectivity index (χ0n) is 16.6. The van der Waals surface area contributed by atoms with Crippen molar-refractivity contribution in [1.82, 2.24) is 4.90 Å². The lowest BCUT2D eigenvalue weighted by Crippen LogP contribution is -2.22. The van der Waals surface area contributed by atoms with Gasteiger partial charge in [-0.2, -0.15) is 0 Å². The fraction of sp³-hybridized carbons (Fsp3) is 0.286. The van der Waals surface area contributed by atoms with E-state index >= 15 is 0 Å². The molecule has 2 rings (SSSR count). The topological polar surface area (TPSA) is 94.9 Å². The van der Waals surface area contributed by atoms with Crippen LogP contribution in [-0.4, -0.2) is 49.1 Å². The number of rotatable bonds is 9. The number of benzene rings is 2. The summed E-state index contributed by atoms with van der Waals surface area (Å²) in [5.41, 5.74) is -0.375. The number of halogens is 2. The molecule has 0 saturated carbocycles. The van der Waals surface area contributed by atoms with E-state index in [9.17, 15) is 27.8 Å². The van der Waals surface area contributed by atoms with Crippen LogP contribution in [0, 0.1) is 5.82 Å². The molecule has 30 heavy (non-hydrogen) atoms. The van der Waals surface area contributed by atoms with Crippen LogP contribution in [0.25, 0.3) is 6.08 Å². The summed E-state index contributed by atoms with van der Waals surface area (Å²) in [6.45, 7) is 6.22. The third-order valence-corrected chi connectivity index (χ3v) is 7.01. The molecule has 0 fully saturated rings. The minimum Gasteiger partial charge on any atom is -0.506 e. The van der Waals surface area contributed by atoms with Crippen molar-refractivity contribution in [3.8, 4) is 5.75 Å². The highest BCUT2D eigenvalue weighted by Crippen LogP contribution is 2.33. The van der Waals surface area contributed by atoms with Crippen molar-refractivity contribution in [3.05, 3.63) is 63.4 Å². The lowest BCUT2D eigenvalue weighted by molar-refractivity contribution is 0.0692. The smallest absolute Gasteiger partial charge is 0.339 e. The van der Waals surface area contributed by atoms with E-state index in [1.54, 1.807) is 12.2 Å². The number of nitrogens with zero attached hydrogens (tertiary/aromatic N) is 1. The second-order valence-corrected chi connectivity index (χ2v) is 9.38. The molecule has 2 N–H and O–H groups in total. The summed E-state index contributed by atoms with van der Waals surface area (Å²) in [4.78, 5) is 13.5. The summed E-state index contributed by atoms with van der Waals surface area (Å²) >= 11 is 3.03. The van der Waals surface area contributed by atoms with Crippen molar-refractivity contribution < 1.29 is 27.8 Å². The third kappa shape index (κ3) is 5.68. The third-order valence-electron chi connectivity index (χ3n) is 4.64. The van der Waals surface area contributed by atoms with E-state index in [4.69, 9.17) is 0 Å². The molecule has 162 valence electrons. The molecule has 0 aromatic heterocycles. The quantitative estimate of drug-likeness (QED) is 0.498. The molecule has 0 aliphatic rings. The lowest BCUT2D eigenvalue weighted by Gasteiger charge is -2.15. The van der Waals surface area contributed by atoms with E-state index in [0.717, 1.165) is 25.2 Å². The molecule has 0 spiro atoms. The summed E-state index contributed by atoms with van der Waals surface area (Å²) in [5.74, 6) is -3.23. The molecule has 0 aliphatic carbocycles. The average Bonchev–Trinajstić information content (AvgIpc) is 2.67. The lowest BCUT2D eigenvalue weighted by atomic mass is 10.1. The van der Waals surface area contributed by atoms with Gasteiger partial charge in [-0.3, -0.25) is 0 Å². The van der Waals surface area contributed by atoms with Crippen molar-refractivity contribution in [1.29, 1.82) is 0 Å². The number of carbonyl (C=O) groups is 1. The number of carboxylic acids is 1. The molecule has 0 atom stereocenters. The van der Waals surface area contributed by atoms with Gasteiger partial charge in [0.25, 0.3) is 0 Å². The number of aromatic hydroxyl groups is 1. The summed E-state index contributed by atoms with van der Waals surface area (Å²) in [6, 6.07) is 6.04. The molecule has 6 nitrogen and oxygen atoms in total. The fourth-order valence-corrected chi connectivity index (χ4v) is 4.89. The van der Waals surface area contributed by atoms with E-state index < -0.39 is 38.7 Å². The maximum absolute atomic E-state index is 13.8. The summed E-state index contributed by atoms with van der Waals surface area (Å²) in [5, 5.41) is 19.4. The predicted molar refractivity (Wildman–Crippen MR) is 117 cm³/mol. The first kappa shape index (κ1) is 24.0. The van der Waals surface area contributed by atoms with Crippen molar-refractivity contribution in [2.45, 2.75) is 24.5 Å². The standard InChI is InChI=1S/C21H23BrFNO5S/c1-3-24(4-2)11-5-6-14-12-16(23)8-10-18(14)30(28,29)13-15-7-9-17(22)20(25)19(15)21(26)27/h5-10,12,25H,3-4,11,13H2,1-2H3,(H,26,27). The summed E-state index contributed by atoms with van der Waals surface area (Å²) in [7, 11) is -4.03. The number of hydrogen-bond acceptors (Lipinski definition) is 5. The Morgan fingerprint density at radius 3 is 2.47 bits per heavy atom. The first-order chi connectivity index (χ1) is 14.1. The number of carboxylic acid groups (broad SMARTS) is 1. The van der Waals surface area contributed by atoms with E-state index in [1.807, 2.05) is 13.8 Å². The second-order valence-electron chi connectivity index (χ2n) is 6.56. The fourth-order valence-electron chi connectivity index (χ4n) is 2.99. The van der Waals surface area contributed by atoms with Gasteiger partial charge in [0.1, 0.15) is 17.1 Å². The van der Waals surface area contributed by atoms with Crippen molar-refractivity contribution >= 4 is 37.8 Å². The van der Waals surface area contributed by atoms with E-state index in [-0.39, 0.29) is 20.5 Å². The van der Waals surface area contributed by atoms with Gasteiger partial charge in [0, 0.05) is 6.54 Å². The molecule has 0 heterocycles. The van der Waals surface area contributed by atoms with Gasteiger partial charge >= 0.3 is 5.97 Å². The highest BCUT2D eigenvalue weighted by atomic mass is 79.9. The molecule has 0 saturated heterocycles. The Balaban J connectivity index is 2.46. The normalized spacial score (nSPS) is 12.0. The number of sulfone groups is 1. The molecule has 0 bridgehead atoms. The molecule has 2 aromatic rings. The van der Waals surface area contributed by atoms with Gasteiger partial charge in [0.15, 0.2) is 9.84 Å².